The van der Waals surface area contributed by atoms with E-state index in [1.54, 1.807) is 0 Å². The molecule has 0 aliphatic rings. The summed E-state index contributed by atoms with van der Waals surface area (Å²) in [7, 11) is 0. The molecule has 1 aromatic rings. The number of carboxylic acid groups (broad SMARTS) is 1. The van der Waals surface area contributed by atoms with Crippen LogP contribution in [0.5, 0.6) is 0 Å². The van der Waals surface area contributed by atoms with E-state index >= 15 is 0 Å². The lowest BCUT2D eigenvalue weighted by Gasteiger charge is -2.14. The minimum absolute atomic E-state index is 0.208. The van der Waals surface area contributed by atoms with Crippen LogP contribution in [-0.4, -0.2) is 29.1 Å². The molecular weight excluding hydrogens is 309 g/mol. The van der Waals surface area contributed by atoms with Gasteiger partial charge < -0.3 is 21.5 Å². The number of rotatable bonds is 5. The van der Waals surface area contributed by atoms with E-state index in [2.05, 4.69) is 10.6 Å². The number of aliphatic carboxylic acids is 1. The molecule has 7 nitrogen and oxygen atoms in total. The molecule has 0 aliphatic heterocycles. The number of carbonyl (C=O) groups excluding carboxylic acids is 2. The van der Waals surface area contributed by atoms with Crippen LogP contribution < -0.4 is 16.4 Å². The number of amides is 3. The highest BCUT2D eigenvalue weighted by Crippen LogP contribution is 2.25. The van der Waals surface area contributed by atoms with Gasteiger partial charge in [0.25, 0.3) is 0 Å². The van der Waals surface area contributed by atoms with Gasteiger partial charge in [-0.25, -0.2) is 9.59 Å². The van der Waals surface area contributed by atoms with Crippen LogP contribution in [0.3, 0.4) is 0 Å². The number of urea groups is 1. The van der Waals surface area contributed by atoms with E-state index in [1.165, 1.54) is 18.2 Å². The second-order valence-corrected chi connectivity index (χ2v) is 4.63. The predicted molar refractivity (Wildman–Crippen MR) is 73.9 cm³/mol. The molecule has 1 atom stereocenters. The molecule has 0 fully saturated rings. The Balaban J connectivity index is 2.72. The number of nitrogens with one attached hydrogen (secondary N) is 2. The van der Waals surface area contributed by atoms with E-state index in [0.717, 1.165) is 0 Å². The third kappa shape index (κ3) is 4.94. The van der Waals surface area contributed by atoms with Gasteiger partial charge in [0.05, 0.1) is 17.1 Å². The molecule has 0 saturated carbocycles. The summed E-state index contributed by atoms with van der Waals surface area (Å²) in [5.74, 6) is -2.23. The molecule has 0 spiro atoms. The van der Waals surface area contributed by atoms with Gasteiger partial charge in [-0.05, 0) is 18.2 Å². The Kier molecular flexibility index (Phi) is 5.60. The van der Waals surface area contributed by atoms with Crippen molar-refractivity contribution in [1.29, 1.82) is 0 Å². The van der Waals surface area contributed by atoms with Crippen molar-refractivity contribution in [1.82, 2.24) is 5.32 Å². The van der Waals surface area contributed by atoms with Crippen molar-refractivity contribution in [3.8, 4) is 0 Å². The Morgan fingerprint density at radius 2 is 1.95 bits per heavy atom. The molecule has 1 aromatic carbocycles. The van der Waals surface area contributed by atoms with Crippen molar-refractivity contribution in [2.45, 2.75) is 12.5 Å². The van der Waals surface area contributed by atoms with Crippen LogP contribution in [0.1, 0.15) is 6.42 Å². The van der Waals surface area contributed by atoms with E-state index in [9.17, 15) is 14.4 Å². The quantitative estimate of drug-likeness (QED) is 0.656. The minimum atomic E-state index is -1.43. The number of carbonyl (C=O) groups is 3. The summed E-state index contributed by atoms with van der Waals surface area (Å²) in [6.45, 7) is 0. The fourth-order valence-corrected chi connectivity index (χ4v) is 1.65. The summed E-state index contributed by atoms with van der Waals surface area (Å²) in [6, 6.07) is 2.12. The summed E-state index contributed by atoms with van der Waals surface area (Å²) in [5, 5.41) is 13.8. The zero-order valence-corrected chi connectivity index (χ0v) is 11.5. The van der Waals surface area contributed by atoms with E-state index in [-0.39, 0.29) is 10.7 Å². The first-order chi connectivity index (χ1) is 9.29. The first kappa shape index (κ1) is 16.1. The van der Waals surface area contributed by atoms with Gasteiger partial charge in [-0.1, -0.05) is 23.2 Å². The van der Waals surface area contributed by atoms with E-state index in [1.807, 2.05) is 0 Å². The lowest BCUT2D eigenvalue weighted by atomic mass is 10.2. The maximum atomic E-state index is 11.6. The van der Waals surface area contributed by atoms with Crippen LogP contribution in [0.25, 0.3) is 0 Å². The van der Waals surface area contributed by atoms with Crippen molar-refractivity contribution in [3.05, 3.63) is 28.2 Å². The van der Waals surface area contributed by atoms with Crippen LogP contribution in [0.2, 0.25) is 10.0 Å². The van der Waals surface area contributed by atoms with Crippen LogP contribution in [0, 0.1) is 0 Å². The first-order valence-electron chi connectivity index (χ1n) is 5.33. The second kappa shape index (κ2) is 6.97. The van der Waals surface area contributed by atoms with Crippen LogP contribution in [0.4, 0.5) is 10.5 Å². The Bertz CT molecular complexity index is 550. The molecule has 1 rings (SSSR count). The molecule has 0 aliphatic carbocycles. The van der Waals surface area contributed by atoms with Gasteiger partial charge in [-0.2, -0.15) is 0 Å². The number of benzene rings is 1. The number of primary amides is 1. The molecule has 0 bridgehead atoms. The average molecular weight is 320 g/mol. The number of hydrogen-bond donors (Lipinski definition) is 4. The van der Waals surface area contributed by atoms with E-state index in [0.29, 0.717) is 5.02 Å². The molecule has 3 amide bonds. The Morgan fingerprint density at radius 1 is 1.30 bits per heavy atom. The van der Waals surface area contributed by atoms with Gasteiger partial charge in [0.1, 0.15) is 6.04 Å². The van der Waals surface area contributed by atoms with Crippen molar-refractivity contribution < 1.29 is 19.5 Å². The molecule has 9 heteroatoms. The molecule has 0 unspecified atom stereocenters. The van der Waals surface area contributed by atoms with Crippen molar-refractivity contribution in [2.24, 2.45) is 5.73 Å². The van der Waals surface area contributed by atoms with Gasteiger partial charge in [-0.3, -0.25) is 4.79 Å². The predicted octanol–water partition coefficient (Wildman–Crippen LogP) is 1.44. The number of halogens is 2. The van der Waals surface area contributed by atoms with Crippen LogP contribution in [-0.2, 0) is 9.59 Å². The molecule has 0 saturated heterocycles. The Morgan fingerprint density at radius 3 is 2.50 bits per heavy atom. The molecule has 108 valence electrons. The third-order valence-corrected chi connectivity index (χ3v) is 2.75. The van der Waals surface area contributed by atoms with Gasteiger partial charge in [-0.15, -0.1) is 0 Å². The number of anilines is 1. The van der Waals surface area contributed by atoms with Crippen molar-refractivity contribution in [3.63, 3.8) is 0 Å². The largest absolute Gasteiger partial charge is 0.480 e. The zero-order valence-electron chi connectivity index (χ0n) is 10.0. The van der Waals surface area contributed by atoms with Crippen LogP contribution in [0.15, 0.2) is 18.2 Å². The summed E-state index contributed by atoms with van der Waals surface area (Å²) in [4.78, 5) is 33.2. The molecule has 5 N–H and O–H groups in total. The zero-order chi connectivity index (χ0) is 15.3. The smallest absolute Gasteiger partial charge is 0.326 e. The number of hydrogen-bond acceptors (Lipinski definition) is 3. The SMILES string of the molecule is NC(=O)C[C@H](NC(=O)Nc1cc(Cl)ccc1Cl)C(=O)O. The van der Waals surface area contributed by atoms with Gasteiger partial charge in [0.15, 0.2) is 0 Å². The van der Waals surface area contributed by atoms with Gasteiger partial charge >= 0.3 is 12.0 Å². The van der Waals surface area contributed by atoms with E-state index in [4.69, 9.17) is 34.0 Å². The number of nitrogens with two attached hydrogens (primary N) is 1. The monoisotopic (exact) mass is 319 g/mol. The fourth-order valence-electron chi connectivity index (χ4n) is 1.31. The van der Waals surface area contributed by atoms with Gasteiger partial charge in [0.2, 0.25) is 5.91 Å². The highest BCUT2D eigenvalue weighted by atomic mass is 35.5. The minimum Gasteiger partial charge on any atom is -0.480 e. The van der Waals surface area contributed by atoms with Crippen molar-refractivity contribution >= 4 is 46.8 Å². The standard InChI is InChI=1S/C11H11Cl2N3O4/c12-5-1-2-6(13)7(3-5)15-11(20)16-8(10(18)19)4-9(14)17/h1-3,8H,4H2,(H2,14,17)(H,18,19)(H2,15,16,20)/t8-/m0/s1. The Hall–Kier alpha value is -1.99. The molecule has 0 heterocycles. The van der Waals surface area contributed by atoms with Crippen molar-refractivity contribution in [2.75, 3.05) is 5.32 Å². The Labute approximate surface area is 124 Å². The van der Waals surface area contributed by atoms with Gasteiger partial charge in [0, 0.05) is 5.02 Å². The lowest BCUT2D eigenvalue weighted by molar-refractivity contribution is -0.140. The second-order valence-electron chi connectivity index (χ2n) is 3.78. The van der Waals surface area contributed by atoms with E-state index < -0.39 is 30.4 Å². The molecular formula is C11H11Cl2N3O4. The maximum Gasteiger partial charge on any atom is 0.326 e. The lowest BCUT2D eigenvalue weighted by Crippen LogP contribution is -2.45. The maximum absolute atomic E-state index is 11.6. The fraction of sp³-hybridized carbons (Fsp3) is 0.182. The summed E-state index contributed by atoms with van der Waals surface area (Å²) in [5.41, 5.74) is 5.10. The van der Waals surface area contributed by atoms with Crippen LogP contribution >= 0.6 is 23.2 Å². The molecule has 20 heavy (non-hydrogen) atoms. The highest BCUT2D eigenvalue weighted by molar-refractivity contribution is 6.35. The summed E-state index contributed by atoms with van der Waals surface area (Å²) >= 11 is 11.6. The number of carboxylic acids is 1. The molecule has 0 radical (unpaired) electrons. The summed E-state index contributed by atoms with van der Waals surface area (Å²) in [6.07, 6.45) is -0.522. The summed E-state index contributed by atoms with van der Waals surface area (Å²) < 4.78 is 0. The third-order valence-electron chi connectivity index (χ3n) is 2.19. The highest BCUT2D eigenvalue weighted by Gasteiger charge is 2.22. The normalized spacial score (nSPS) is 11.5. The topological polar surface area (TPSA) is 122 Å². The first-order valence-corrected chi connectivity index (χ1v) is 6.09. The average Bonchev–Trinajstić information content (AvgIpc) is 2.32. The molecule has 0 aromatic heterocycles.